The molecule has 0 spiro atoms. The molecule has 0 bridgehead atoms. The summed E-state index contributed by atoms with van der Waals surface area (Å²) in [5, 5.41) is 0. The van der Waals surface area contributed by atoms with Crippen LogP contribution in [0.5, 0.6) is 0 Å². The Bertz CT molecular complexity index is 274. The maximum atomic E-state index is 11.9. The summed E-state index contributed by atoms with van der Waals surface area (Å²) < 4.78 is 5.14. The van der Waals surface area contributed by atoms with Crippen LogP contribution in [0.1, 0.15) is 41.5 Å². The van der Waals surface area contributed by atoms with Crippen LogP contribution in [0, 0.1) is 23.2 Å². The Kier molecular flexibility index (Phi) is 3.39. The second-order valence-corrected chi connectivity index (χ2v) is 5.71. The average molecular weight is 227 g/mol. The molecule has 0 aliphatic heterocycles. The third-order valence-electron chi connectivity index (χ3n) is 4.36. The van der Waals surface area contributed by atoms with Gasteiger partial charge >= 0.3 is 5.97 Å². The summed E-state index contributed by atoms with van der Waals surface area (Å²) in [7, 11) is 0. The molecule has 0 radical (unpaired) electrons. The summed E-state index contributed by atoms with van der Waals surface area (Å²) in [6.07, 6.45) is 0. The number of rotatable bonds is 4. The highest BCUT2D eigenvalue weighted by Gasteiger charge is 2.77. The maximum absolute atomic E-state index is 11.9. The first-order chi connectivity index (χ1) is 7.24. The van der Waals surface area contributed by atoms with Gasteiger partial charge in [0, 0.05) is 11.0 Å². The maximum Gasteiger partial charge on any atom is 0.311 e. The molecule has 2 N–H and O–H groups in total. The van der Waals surface area contributed by atoms with E-state index < -0.39 is 5.54 Å². The van der Waals surface area contributed by atoms with Gasteiger partial charge in [0.05, 0.1) is 12.5 Å². The summed E-state index contributed by atoms with van der Waals surface area (Å²) in [4.78, 5) is 11.9. The van der Waals surface area contributed by atoms with Crippen LogP contribution in [0.2, 0.25) is 0 Å². The Morgan fingerprint density at radius 3 is 2.00 bits per heavy atom. The van der Waals surface area contributed by atoms with E-state index in [1.165, 1.54) is 0 Å². The Morgan fingerprint density at radius 2 is 1.75 bits per heavy atom. The monoisotopic (exact) mass is 227 g/mol. The predicted octanol–water partition coefficient (Wildman–Crippen LogP) is 2.20. The standard InChI is InChI=1S/C13H25NO2/c1-7-16-11(15)10-12(6,14)13(10,8(2)3)9(4)5/h8-10H,7,14H2,1-6H3. The number of carbonyl (C=O) groups is 1. The third kappa shape index (κ3) is 1.48. The van der Waals surface area contributed by atoms with Gasteiger partial charge in [-0.25, -0.2) is 0 Å². The van der Waals surface area contributed by atoms with Gasteiger partial charge in [-0.15, -0.1) is 0 Å². The van der Waals surface area contributed by atoms with Gasteiger partial charge in [0.25, 0.3) is 0 Å². The highest BCUT2D eigenvalue weighted by Crippen LogP contribution is 2.68. The van der Waals surface area contributed by atoms with E-state index in [1.54, 1.807) is 0 Å². The molecule has 3 heteroatoms. The lowest BCUT2D eigenvalue weighted by atomic mass is 9.77. The molecule has 1 aliphatic rings. The van der Waals surface area contributed by atoms with Gasteiger partial charge in [0.15, 0.2) is 0 Å². The van der Waals surface area contributed by atoms with E-state index in [-0.39, 0.29) is 17.3 Å². The lowest BCUT2D eigenvalue weighted by Gasteiger charge is -2.28. The highest BCUT2D eigenvalue weighted by atomic mass is 16.5. The van der Waals surface area contributed by atoms with Gasteiger partial charge in [-0.2, -0.15) is 0 Å². The fraction of sp³-hybridized carbons (Fsp3) is 0.923. The summed E-state index contributed by atoms with van der Waals surface area (Å²) in [5.74, 6) is 0.490. The van der Waals surface area contributed by atoms with Crippen molar-refractivity contribution < 1.29 is 9.53 Å². The number of hydrogen-bond acceptors (Lipinski definition) is 3. The fourth-order valence-corrected chi connectivity index (χ4v) is 3.94. The molecule has 1 rings (SSSR count). The van der Waals surface area contributed by atoms with Crippen LogP contribution < -0.4 is 5.73 Å². The minimum atomic E-state index is -0.429. The van der Waals surface area contributed by atoms with Crippen LogP contribution >= 0.6 is 0 Å². The Morgan fingerprint density at radius 1 is 1.31 bits per heavy atom. The van der Waals surface area contributed by atoms with Gasteiger partial charge in [-0.3, -0.25) is 4.79 Å². The quantitative estimate of drug-likeness (QED) is 0.749. The lowest BCUT2D eigenvalue weighted by molar-refractivity contribution is -0.146. The van der Waals surface area contributed by atoms with Gasteiger partial charge < -0.3 is 10.5 Å². The Hall–Kier alpha value is -0.570. The molecule has 1 fully saturated rings. The molecule has 1 aliphatic carbocycles. The van der Waals surface area contributed by atoms with Crippen LogP contribution in [0.15, 0.2) is 0 Å². The first-order valence-corrected chi connectivity index (χ1v) is 6.20. The van der Waals surface area contributed by atoms with Crippen LogP contribution in [0.4, 0.5) is 0 Å². The molecule has 0 amide bonds. The smallest absolute Gasteiger partial charge is 0.311 e. The second-order valence-electron chi connectivity index (χ2n) is 5.71. The third-order valence-corrected chi connectivity index (χ3v) is 4.36. The second kappa shape index (κ2) is 4.02. The van der Waals surface area contributed by atoms with E-state index in [2.05, 4.69) is 27.7 Å². The molecule has 0 aromatic rings. The van der Waals surface area contributed by atoms with Gasteiger partial charge in [-0.1, -0.05) is 27.7 Å². The van der Waals surface area contributed by atoms with Crippen LogP contribution in [0.25, 0.3) is 0 Å². The molecule has 2 atom stereocenters. The SMILES string of the molecule is CCOC(=O)C1C(C)(N)C1(C(C)C)C(C)C. The molecule has 16 heavy (non-hydrogen) atoms. The minimum Gasteiger partial charge on any atom is -0.466 e. The molecular weight excluding hydrogens is 202 g/mol. The zero-order valence-corrected chi connectivity index (χ0v) is 11.3. The Balaban J connectivity index is 3.01. The normalized spacial score (nSPS) is 31.9. The average Bonchev–Trinajstić information content (AvgIpc) is 2.64. The van der Waals surface area contributed by atoms with E-state index in [0.29, 0.717) is 18.4 Å². The largest absolute Gasteiger partial charge is 0.466 e. The van der Waals surface area contributed by atoms with Crippen molar-refractivity contribution in [1.29, 1.82) is 0 Å². The highest BCUT2D eigenvalue weighted by molar-refractivity contribution is 5.81. The molecule has 3 nitrogen and oxygen atoms in total. The summed E-state index contributed by atoms with van der Waals surface area (Å²) in [6.45, 7) is 12.8. The van der Waals surface area contributed by atoms with E-state index in [4.69, 9.17) is 10.5 Å². The van der Waals surface area contributed by atoms with Crippen LogP contribution in [0.3, 0.4) is 0 Å². The van der Waals surface area contributed by atoms with Gasteiger partial charge in [0.2, 0.25) is 0 Å². The molecule has 94 valence electrons. The van der Waals surface area contributed by atoms with Gasteiger partial charge in [-0.05, 0) is 25.7 Å². The first-order valence-electron chi connectivity index (χ1n) is 6.20. The van der Waals surface area contributed by atoms with E-state index in [9.17, 15) is 4.79 Å². The molecule has 2 unspecified atom stereocenters. The zero-order valence-electron chi connectivity index (χ0n) is 11.3. The summed E-state index contributed by atoms with van der Waals surface area (Å²) in [6, 6.07) is 0. The van der Waals surface area contributed by atoms with Crippen LogP contribution in [-0.2, 0) is 9.53 Å². The zero-order chi connectivity index (χ0) is 12.7. The summed E-state index contributed by atoms with van der Waals surface area (Å²) >= 11 is 0. The summed E-state index contributed by atoms with van der Waals surface area (Å²) in [5.41, 5.74) is 5.78. The first kappa shape index (κ1) is 13.5. The van der Waals surface area contributed by atoms with Gasteiger partial charge in [0.1, 0.15) is 0 Å². The number of hydrogen-bond donors (Lipinski definition) is 1. The van der Waals surface area contributed by atoms with Crippen molar-refractivity contribution in [3.8, 4) is 0 Å². The molecule has 0 aromatic carbocycles. The topological polar surface area (TPSA) is 52.3 Å². The number of nitrogens with two attached hydrogens (primary N) is 1. The molecular formula is C13H25NO2. The van der Waals surface area contributed by atoms with Crippen molar-refractivity contribution in [2.45, 2.75) is 47.1 Å². The van der Waals surface area contributed by atoms with Crippen molar-refractivity contribution in [2.24, 2.45) is 28.9 Å². The fourth-order valence-electron chi connectivity index (χ4n) is 3.94. The number of carbonyl (C=O) groups excluding carboxylic acids is 1. The molecule has 0 saturated heterocycles. The van der Waals surface area contributed by atoms with Crippen molar-refractivity contribution >= 4 is 5.97 Å². The predicted molar refractivity (Wildman–Crippen MR) is 64.8 cm³/mol. The Labute approximate surface area is 98.7 Å². The van der Waals surface area contributed by atoms with Crippen molar-refractivity contribution in [2.75, 3.05) is 6.61 Å². The minimum absolute atomic E-state index is 0.112. The molecule has 1 saturated carbocycles. The lowest BCUT2D eigenvalue weighted by Crippen LogP contribution is -2.34. The van der Waals surface area contributed by atoms with Crippen LogP contribution in [-0.4, -0.2) is 18.1 Å². The van der Waals surface area contributed by atoms with Crippen molar-refractivity contribution in [3.63, 3.8) is 0 Å². The number of esters is 1. The van der Waals surface area contributed by atoms with E-state index >= 15 is 0 Å². The van der Waals surface area contributed by atoms with E-state index in [1.807, 2.05) is 13.8 Å². The van der Waals surface area contributed by atoms with Crippen molar-refractivity contribution in [1.82, 2.24) is 0 Å². The number of ether oxygens (including phenoxy) is 1. The van der Waals surface area contributed by atoms with E-state index in [0.717, 1.165) is 0 Å². The molecule has 0 aromatic heterocycles. The molecule has 0 heterocycles. The van der Waals surface area contributed by atoms with Crippen molar-refractivity contribution in [3.05, 3.63) is 0 Å².